The standard InChI is InChI=1S/C21H27N3O.ClH/c1-14(2)16-8-4-7-15(3)21(16)23-20(25)13-24-12-6-9-17-18(22)10-5-11-19(17)24;/h4-5,7-8,10-11,14H,6,9,12-13,22H2,1-3H3,(H,23,25);1H. The molecular weight excluding hydrogens is 346 g/mol. The Bertz CT molecular complexity index is 789. The maximum absolute atomic E-state index is 12.7. The van der Waals surface area contributed by atoms with Crippen molar-refractivity contribution in [2.45, 2.75) is 39.5 Å². The number of hydrogen-bond acceptors (Lipinski definition) is 3. The number of fused-ring (bicyclic) bond motifs is 1. The number of rotatable bonds is 4. The highest BCUT2D eigenvalue weighted by atomic mass is 35.5. The molecule has 0 aliphatic carbocycles. The lowest BCUT2D eigenvalue weighted by Crippen LogP contribution is -2.37. The van der Waals surface area contributed by atoms with E-state index in [2.05, 4.69) is 36.2 Å². The average molecular weight is 374 g/mol. The fourth-order valence-corrected chi connectivity index (χ4v) is 3.59. The molecule has 0 saturated heterocycles. The summed E-state index contributed by atoms with van der Waals surface area (Å²) >= 11 is 0. The first-order valence-electron chi connectivity index (χ1n) is 8.99. The predicted molar refractivity (Wildman–Crippen MR) is 113 cm³/mol. The Morgan fingerprint density at radius 1 is 1.23 bits per heavy atom. The Balaban J connectivity index is 0.00000243. The highest BCUT2D eigenvalue weighted by Crippen LogP contribution is 2.31. The summed E-state index contributed by atoms with van der Waals surface area (Å²) in [5, 5.41) is 3.14. The number of nitrogens with zero attached hydrogens (tertiary/aromatic N) is 1. The second-order valence-corrected chi connectivity index (χ2v) is 7.11. The summed E-state index contributed by atoms with van der Waals surface area (Å²) in [7, 11) is 0. The zero-order chi connectivity index (χ0) is 18.0. The molecule has 2 aromatic rings. The number of halogens is 1. The van der Waals surface area contributed by atoms with Gasteiger partial charge < -0.3 is 16.0 Å². The van der Waals surface area contributed by atoms with Crippen molar-refractivity contribution in [2.24, 2.45) is 0 Å². The molecule has 0 spiro atoms. The van der Waals surface area contributed by atoms with E-state index in [1.807, 2.05) is 31.2 Å². The van der Waals surface area contributed by atoms with Crippen LogP contribution in [0.3, 0.4) is 0 Å². The molecule has 1 amide bonds. The van der Waals surface area contributed by atoms with E-state index >= 15 is 0 Å². The predicted octanol–water partition coefficient (Wildman–Crippen LogP) is 4.51. The molecule has 0 bridgehead atoms. The third-order valence-corrected chi connectivity index (χ3v) is 4.91. The molecule has 1 heterocycles. The average Bonchev–Trinajstić information content (AvgIpc) is 2.57. The second-order valence-electron chi connectivity index (χ2n) is 7.11. The molecule has 0 fully saturated rings. The first-order chi connectivity index (χ1) is 12.0. The third kappa shape index (κ3) is 4.13. The molecule has 3 N–H and O–H groups in total. The highest BCUT2D eigenvalue weighted by Gasteiger charge is 2.21. The number of benzene rings is 2. The third-order valence-electron chi connectivity index (χ3n) is 4.91. The molecule has 4 nitrogen and oxygen atoms in total. The van der Waals surface area contributed by atoms with Crippen molar-refractivity contribution in [3.8, 4) is 0 Å². The molecule has 0 saturated carbocycles. The summed E-state index contributed by atoms with van der Waals surface area (Å²) in [4.78, 5) is 14.9. The molecule has 2 aromatic carbocycles. The molecule has 1 aliphatic heterocycles. The van der Waals surface area contributed by atoms with Gasteiger partial charge in [0.25, 0.3) is 0 Å². The number of para-hydroxylation sites is 1. The van der Waals surface area contributed by atoms with Crippen LogP contribution in [0.2, 0.25) is 0 Å². The number of amides is 1. The maximum atomic E-state index is 12.7. The molecule has 26 heavy (non-hydrogen) atoms. The van der Waals surface area contributed by atoms with Crippen molar-refractivity contribution in [3.63, 3.8) is 0 Å². The van der Waals surface area contributed by atoms with Gasteiger partial charge in [-0.05, 0) is 54.5 Å². The summed E-state index contributed by atoms with van der Waals surface area (Å²) in [6, 6.07) is 12.1. The maximum Gasteiger partial charge on any atom is 0.243 e. The Morgan fingerprint density at radius 2 is 1.96 bits per heavy atom. The van der Waals surface area contributed by atoms with E-state index in [0.717, 1.165) is 42.0 Å². The van der Waals surface area contributed by atoms with E-state index in [1.54, 1.807) is 0 Å². The summed E-state index contributed by atoms with van der Waals surface area (Å²) in [5.74, 6) is 0.386. The number of nitrogen functional groups attached to an aromatic ring is 1. The Kier molecular flexibility index (Phi) is 6.54. The minimum absolute atomic E-state index is 0. The number of aryl methyl sites for hydroxylation is 1. The molecule has 3 rings (SSSR count). The van der Waals surface area contributed by atoms with E-state index < -0.39 is 0 Å². The van der Waals surface area contributed by atoms with Gasteiger partial charge in [-0.25, -0.2) is 0 Å². The van der Waals surface area contributed by atoms with Gasteiger partial charge in [-0.15, -0.1) is 12.4 Å². The topological polar surface area (TPSA) is 58.4 Å². The van der Waals surface area contributed by atoms with Gasteiger partial charge in [-0.1, -0.05) is 38.1 Å². The van der Waals surface area contributed by atoms with Crippen molar-refractivity contribution < 1.29 is 4.79 Å². The summed E-state index contributed by atoms with van der Waals surface area (Å²) in [6.07, 6.45) is 2.01. The summed E-state index contributed by atoms with van der Waals surface area (Å²) in [6.45, 7) is 7.57. The quantitative estimate of drug-likeness (QED) is 0.775. The van der Waals surface area contributed by atoms with Crippen LogP contribution >= 0.6 is 12.4 Å². The lowest BCUT2D eigenvalue weighted by Gasteiger charge is -2.31. The van der Waals surface area contributed by atoms with Gasteiger partial charge in [-0.3, -0.25) is 4.79 Å². The summed E-state index contributed by atoms with van der Waals surface area (Å²) in [5.41, 5.74) is 12.4. The first kappa shape index (κ1) is 20.1. The van der Waals surface area contributed by atoms with Gasteiger partial charge in [-0.2, -0.15) is 0 Å². The largest absolute Gasteiger partial charge is 0.398 e. The fraction of sp³-hybridized carbons (Fsp3) is 0.381. The number of nitrogens with one attached hydrogen (secondary N) is 1. The lowest BCUT2D eigenvalue weighted by molar-refractivity contribution is -0.115. The van der Waals surface area contributed by atoms with Crippen LogP contribution in [-0.2, 0) is 11.2 Å². The number of carbonyl (C=O) groups excluding carboxylic acids is 1. The molecule has 1 aliphatic rings. The number of anilines is 3. The monoisotopic (exact) mass is 373 g/mol. The van der Waals surface area contributed by atoms with Gasteiger partial charge in [0.1, 0.15) is 0 Å². The highest BCUT2D eigenvalue weighted by molar-refractivity contribution is 5.96. The van der Waals surface area contributed by atoms with Gasteiger partial charge in [0.05, 0.1) is 6.54 Å². The first-order valence-corrected chi connectivity index (χ1v) is 8.99. The van der Waals surface area contributed by atoms with E-state index in [-0.39, 0.29) is 18.3 Å². The van der Waals surface area contributed by atoms with Crippen molar-refractivity contribution >= 4 is 35.4 Å². The van der Waals surface area contributed by atoms with E-state index in [0.29, 0.717) is 12.5 Å². The van der Waals surface area contributed by atoms with Crippen molar-refractivity contribution in [3.05, 3.63) is 53.1 Å². The smallest absolute Gasteiger partial charge is 0.243 e. The SMILES string of the molecule is Cc1cccc(C(C)C)c1NC(=O)CN1CCCc2c(N)cccc21.Cl. The van der Waals surface area contributed by atoms with Crippen LogP contribution in [-0.4, -0.2) is 19.0 Å². The molecule has 0 aromatic heterocycles. The lowest BCUT2D eigenvalue weighted by atomic mass is 9.98. The van der Waals surface area contributed by atoms with Gasteiger partial charge in [0.2, 0.25) is 5.91 Å². The van der Waals surface area contributed by atoms with Crippen molar-refractivity contribution in [2.75, 3.05) is 29.0 Å². The van der Waals surface area contributed by atoms with Crippen LogP contribution in [0.1, 0.15) is 42.9 Å². The number of hydrogen-bond donors (Lipinski definition) is 2. The van der Waals surface area contributed by atoms with Gasteiger partial charge in [0.15, 0.2) is 0 Å². The van der Waals surface area contributed by atoms with Crippen LogP contribution in [0.25, 0.3) is 0 Å². The number of nitrogens with two attached hydrogens (primary N) is 1. The van der Waals surface area contributed by atoms with Crippen molar-refractivity contribution in [1.29, 1.82) is 0 Å². The van der Waals surface area contributed by atoms with E-state index in [1.165, 1.54) is 11.1 Å². The zero-order valence-electron chi connectivity index (χ0n) is 15.7. The van der Waals surface area contributed by atoms with Crippen LogP contribution < -0.4 is 16.0 Å². The summed E-state index contributed by atoms with van der Waals surface area (Å²) < 4.78 is 0. The van der Waals surface area contributed by atoms with Crippen LogP contribution in [0.5, 0.6) is 0 Å². The van der Waals surface area contributed by atoms with E-state index in [9.17, 15) is 4.79 Å². The van der Waals surface area contributed by atoms with Crippen LogP contribution in [0.4, 0.5) is 17.1 Å². The van der Waals surface area contributed by atoms with Gasteiger partial charge >= 0.3 is 0 Å². The molecule has 0 atom stereocenters. The molecular formula is C21H28ClN3O. The van der Waals surface area contributed by atoms with Crippen LogP contribution in [0.15, 0.2) is 36.4 Å². The van der Waals surface area contributed by atoms with Gasteiger partial charge in [0, 0.05) is 23.6 Å². The minimum atomic E-state index is 0. The number of carbonyl (C=O) groups is 1. The van der Waals surface area contributed by atoms with Crippen molar-refractivity contribution in [1.82, 2.24) is 0 Å². The minimum Gasteiger partial charge on any atom is -0.398 e. The van der Waals surface area contributed by atoms with E-state index in [4.69, 9.17) is 5.73 Å². The Labute approximate surface area is 162 Å². The molecule has 5 heteroatoms. The normalized spacial score (nSPS) is 13.2. The fourth-order valence-electron chi connectivity index (χ4n) is 3.59. The second kappa shape index (κ2) is 8.45. The molecule has 0 unspecified atom stereocenters. The zero-order valence-corrected chi connectivity index (χ0v) is 16.5. The Morgan fingerprint density at radius 3 is 2.69 bits per heavy atom. The molecule has 140 valence electrons. The molecule has 0 radical (unpaired) electrons. The Hall–Kier alpha value is -2.20. The van der Waals surface area contributed by atoms with Crippen LogP contribution in [0, 0.1) is 6.92 Å².